The minimum Gasteiger partial charge on any atom is -0.324 e. The molecular formula is C25H26N2O3. The van der Waals surface area contributed by atoms with E-state index in [1.54, 1.807) is 0 Å². The van der Waals surface area contributed by atoms with Crippen LogP contribution in [0.2, 0.25) is 0 Å². The average molecular weight is 402 g/mol. The lowest BCUT2D eigenvalue weighted by molar-refractivity contribution is -0.147. The molecule has 5 heteroatoms. The van der Waals surface area contributed by atoms with Crippen molar-refractivity contribution in [3.63, 3.8) is 0 Å². The van der Waals surface area contributed by atoms with Gasteiger partial charge in [-0.05, 0) is 55.7 Å². The van der Waals surface area contributed by atoms with Crippen molar-refractivity contribution >= 4 is 23.4 Å². The molecule has 0 radical (unpaired) electrons. The highest BCUT2D eigenvalue weighted by Gasteiger charge is 2.62. The van der Waals surface area contributed by atoms with Gasteiger partial charge in [-0.25, -0.2) is 0 Å². The number of amides is 3. The summed E-state index contributed by atoms with van der Waals surface area (Å²) in [5, 5.41) is 2.93. The van der Waals surface area contributed by atoms with Gasteiger partial charge in [-0.3, -0.25) is 19.3 Å². The number of imide groups is 1. The van der Waals surface area contributed by atoms with E-state index in [2.05, 4.69) is 5.32 Å². The maximum absolute atomic E-state index is 13.3. The van der Waals surface area contributed by atoms with Crippen LogP contribution in [0.1, 0.15) is 30.4 Å². The van der Waals surface area contributed by atoms with Gasteiger partial charge in [0.15, 0.2) is 0 Å². The fraction of sp³-hybridized carbons (Fsp3) is 0.400. The summed E-state index contributed by atoms with van der Waals surface area (Å²) in [6, 6.07) is 16.3. The zero-order valence-corrected chi connectivity index (χ0v) is 17.1. The molecule has 0 aromatic heterocycles. The van der Waals surface area contributed by atoms with Crippen molar-refractivity contribution in [2.24, 2.45) is 23.7 Å². The van der Waals surface area contributed by atoms with Crippen LogP contribution < -0.4 is 5.32 Å². The molecule has 5 rings (SSSR count). The van der Waals surface area contributed by atoms with Crippen molar-refractivity contribution < 1.29 is 14.4 Å². The van der Waals surface area contributed by atoms with Crippen LogP contribution in [-0.4, -0.2) is 28.7 Å². The summed E-state index contributed by atoms with van der Waals surface area (Å²) in [4.78, 5) is 41.3. The predicted octanol–water partition coefficient (Wildman–Crippen LogP) is 3.58. The summed E-state index contributed by atoms with van der Waals surface area (Å²) in [5.74, 6) is -0.424. The SMILES string of the molecule is Cc1ccc(NC(=O)[C@@H](Cc2ccccc2)N2C(=O)[C@H]3[C@H]4CC[C@@H](C4)[C@@H]3C2=O)cc1. The van der Waals surface area contributed by atoms with Crippen LogP contribution >= 0.6 is 0 Å². The number of hydrogen-bond donors (Lipinski definition) is 1. The van der Waals surface area contributed by atoms with E-state index in [1.165, 1.54) is 4.90 Å². The molecule has 2 aromatic carbocycles. The Balaban J connectivity index is 1.45. The summed E-state index contributed by atoms with van der Waals surface area (Å²) >= 11 is 0. The molecule has 1 heterocycles. The summed E-state index contributed by atoms with van der Waals surface area (Å²) in [6.07, 6.45) is 3.36. The fourth-order valence-electron chi connectivity index (χ4n) is 5.74. The molecule has 3 aliphatic rings. The summed E-state index contributed by atoms with van der Waals surface area (Å²) < 4.78 is 0. The van der Waals surface area contributed by atoms with Crippen LogP contribution in [0.3, 0.4) is 0 Å². The van der Waals surface area contributed by atoms with E-state index >= 15 is 0 Å². The smallest absolute Gasteiger partial charge is 0.248 e. The van der Waals surface area contributed by atoms with Crippen molar-refractivity contribution in [1.29, 1.82) is 0 Å². The molecule has 2 bridgehead atoms. The number of rotatable bonds is 5. The first kappa shape index (κ1) is 19.0. The predicted molar refractivity (Wildman–Crippen MR) is 113 cm³/mol. The van der Waals surface area contributed by atoms with Gasteiger partial charge in [-0.2, -0.15) is 0 Å². The Kier molecular flexibility index (Phi) is 4.69. The van der Waals surface area contributed by atoms with E-state index in [4.69, 9.17) is 0 Å². The first-order chi connectivity index (χ1) is 14.5. The Morgan fingerprint density at radius 3 is 2.17 bits per heavy atom. The van der Waals surface area contributed by atoms with Crippen LogP contribution in [0.25, 0.3) is 0 Å². The first-order valence-corrected chi connectivity index (χ1v) is 10.8. The number of anilines is 1. The maximum atomic E-state index is 13.3. The molecule has 2 aliphatic carbocycles. The van der Waals surface area contributed by atoms with Gasteiger partial charge in [0, 0.05) is 12.1 Å². The third kappa shape index (κ3) is 3.13. The number of carbonyl (C=O) groups excluding carboxylic acids is 3. The number of aryl methyl sites for hydroxylation is 1. The Hall–Kier alpha value is -2.95. The lowest BCUT2D eigenvalue weighted by Crippen LogP contribution is -2.49. The highest BCUT2D eigenvalue weighted by atomic mass is 16.2. The average Bonchev–Trinajstić information content (AvgIpc) is 3.43. The van der Waals surface area contributed by atoms with Crippen LogP contribution in [0, 0.1) is 30.6 Å². The van der Waals surface area contributed by atoms with Crippen molar-refractivity contribution in [1.82, 2.24) is 4.90 Å². The Labute approximate surface area is 176 Å². The van der Waals surface area contributed by atoms with Crippen LogP contribution in [0.4, 0.5) is 5.69 Å². The Morgan fingerprint density at radius 1 is 0.967 bits per heavy atom. The molecule has 5 nitrogen and oxygen atoms in total. The molecule has 0 spiro atoms. The van der Waals surface area contributed by atoms with Crippen molar-refractivity contribution in [2.75, 3.05) is 5.32 Å². The second-order valence-electron chi connectivity index (χ2n) is 8.99. The topological polar surface area (TPSA) is 66.5 Å². The zero-order valence-electron chi connectivity index (χ0n) is 17.1. The quantitative estimate of drug-likeness (QED) is 0.778. The maximum Gasteiger partial charge on any atom is 0.248 e. The summed E-state index contributed by atoms with van der Waals surface area (Å²) in [7, 11) is 0. The molecule has 0 unspecified atom stereocenters. The van der Waals surface area contributed by atoms with E-state index in [0.717, 1.165) is 30.4 Å². The van der Waals surface area contributed by atoms with Gasteiger partial charge in [-0.1, -0.05) is 48.0 Å². The second-order valence-corrected chi connectivity index (χ2v) is 8.99. The summed E-state index contributed by atoms with van der Waals surface area (Å²) in [6.45, 7) is 1.98. The third-order valence-electron chi connectivity index (χ3n) is 7.17. The zero-order chi connectivity index (χ0) is 20.8. The molecule has 1 aliphatic heterocycles. The number of carbonyl (C=O) groups is 3. The second kappa shape index (κ2) is 7.38. The number of fused-ring (bicyclic) bond motifs is 5. The van der Waals surface area contributed by atoms with Crippen molar-refractivity contribution in [2.45, 2.75) is 38.6 Å². The lowest BCUT2D eigenvalue weighted by Gasteiger charge is -2.27. The molecule has 5 atom stereocenters. The molecule has 154 valence electrons. The minimum atomic E-state index is -0.835. The first-order valence-electron chi connectivity index (χ1n) is 10.8. The lowest BCUT2D eigenvalue weighted by atomic mass is 9.81. The van der Waals surface area contributed by atoms with E-state index in [-0.39, 0.29) is 29.6 Å². The van der Waals surface area contributed by atoms with Gasteiger partial charge < -0.3 is 5.32 Å². The van der Waals surface area contributed by atoms with Crippen molar-refractivity contribution in [3.05, 3.63) is 65.7 Å². The molecule has 30 heavy (non-hydrogen) atoms. The molecular weight excluding hydrogens is 376 g/mol. The molecule has 2 saturated carbocycles. The molecule has 3 amide bonds. The Morgan fingerprint density at radius 2 is 1.57 bits per heavy atom. The highest BCUT2D eigenvalue weighted by molar-refractivity contribution is 6.10. The Bertz CT molecular complexity index is 957. The van der Waals surface area contributed by atoms with Crippen LogP contribution in [0.5, 0.6) is 0 Å². The highest BCUT2D eigenvalue weighted by Crippen LogP contribution is 2.56. The minimum absolute atomic E-state index is 0.141. The third-order valence-corrected chi connectivity index (χ3v) is 7.17. The summed E-state index contributed by atoms with van der Waals surface area (Å²) in [5.41, 5.74) is 2.70. The van der Waals surface area contributed by atoms with Crippen LogP contribution in [-0.2, 0) is 20.8 Å². The fourth-order valence-corrected chi connectivity index (χ4v) is 5.74. The van der Waals surface area contributed by atoms with Gasteiger partial charge in [0.1, 0.15) is 6.04 Å². The van der Waals surface area contributed by atoms with Gasteiger partial charge in [0.05, 0.1) is 11.8 Å². The molecule has 1 N–H and O–H groups in total. The normalized spacial score (nSPS) is 28.0. The van der Waals surface area contributed by atoms with Gasteiger partial charge >= 0.3 is 0 Å². The largest absolute Gasteiger partial charge is 0.324 e. The standard InChI is InChI=1S/C25H26N2O3/c1-15-7-11-19(12-8-15)26-23(28)20(13-16-5-3-2-4-6-16)27-24(29)21-17-9-10-18(14-17)22(21)25(27)30/h2-8,11-12,17-18,20-22H,9-10,13-14H2,1H3,(H,26,28)/t17-,18-,20+,21-,22-/m0/s1. The number of nitrogens with one attached hydrogen (secondary N) is 1. The molecule has 3 fully saturated rings. The van der Waals surface area contributed by atoms with Gasteiger partial charge in [0.2, 0.25) is 17.7 Å². The van der Waals surface area contributed by atoms with Crippen molar-refractivity contribution in [3.8, 4) is 0 Å². The van der Waals surface area contributed by atoms with E-state index in [1.807, 2.05) is 61.5 Å². The molecule has 2 aromatic rings. The number of nitrogens with zero attached hydrogens (tertiary/aromatic N) is 1. The van der Waals surface area contributed by atoms with E-state index in [0.29, 0.717) is 23.9 Å². The number of hydrogen-bond acceptors (Lipinski definition) is 3. The van der Waals surface area contributed by atoms with E-state index in [9.17, 15) is 14.4 Å². The van der Waals surface area contributed by atoms with E-state index < -0.39 is 6.04 Å². The molecule has 1 saturated heterocycles. The number of likely N-dealkylation sites (tertiary alicyclic amines) is 1. The monoisotopic (exact) mass is 402 g/mol. The van der Waals surface area contributed by atoms with Gasteiger partial charge in [0.25, 0.3) is 0 Å². The van der Waals surface area contributed by atoms with Crippen LogP contribution in [0.15, 0.2) is 54.6 Å². The van der Waals surface area contributed by atoms with Gasteiger partial charge in [-0.15, -0.1) is 0 Å². The number of benzene rings is 2.